The molecule has 0 heterocycles. The first-order valence-corrected chi connectivity index (χ1v) is 15.3. The van der Waals surface area contributed by atoms with Crippen molar-refractivity contribution in [1.29, 1.82) is 0 Å². The van der Waals surface area contributed by atoms with Gasteiger partial charge in [-0.05, 0) is 166 Å². The van der Waals surface area contributed by atoms with Gasteiger partial charge in [0, 0.05) is 15.4 Å². The second-order valence-corrected chi connectivity index (χ2v) is 13.2. The fraction of sp³-hybridized carbons (Fsp3) is 0.250. The molecule has 0 saturated carbocycles. The lowest BCUT2D eigenvalue weighted by atomic mass is 10.3. The second kappa shape index (κ2) is 11.8. The van der Waals surface area contributed by atoms with Crippen molar-refractivity contribution in [3.8, 4) is 11.5 Å². The van der Waals surface area contributed by atoms with Crippen LogP contribution in [-0.4, -0.2) is 6.29 Å². The first-order chi connectivity index (χ1) is 13.0. The van der Waals surface area contributed by atoms with Gasteiger partial charge < -0.3 is 9.47 Å². The maximum atomic E-state index is 6.28. The van der Waals surface area contributed by atoms with Crippen molar-refractivity contribution >= 4 is 159 Å². The zero-order valence-corrected chi connectivity index (χ0v) is 29.4. The van der Waals surface area contributed by atoms with Crippen molar-refractivity contribution in [1.82, 2.24) is 0 Å². The maximum Gasteiger partial charge on any atom is 0.241 e. The van der Waals surface area contributed by atoms with Gasteiger partial charge >= 0.3 is 0 Å². The highest BCUT2D eigenvalue weighted by atomic mass is 79.9. The Hall–Kier alpha value is 2.84. The first kappa shape index (κ1) is 27.1. The molecule has 2 nitrogen and oxygen atoms in total. The maximum absolute atomic E-state index is 6.28. The fourth-order valence-electron chi connectivity index (χ4n) is 2.02. The van der Waals surface area contributed by atoms with Gasteiger partial charge in [0.2, 0.25) is 6.29 Å². The van der Waals surface area contributed by atoms with Crippen LogP contribution in [0.4, 0.5) is 0 Å². The van der Waals surface area contributed by atoms with Crippen LogP contribution in [0.5, 0.6) is 11.5 Å². The summed E-state index contributed by atoms with van der Waals surface area (Å²) in [6.45, 7) is 2.08. The molecule has 0 aliphatic rings. The molecule has 0 aromatic heterocycles. The summed E-state index contributed by atoms with van der Waals surface area (Å²) in [4.78, 5) is 0. The molecule has 2 aromatic carbocycles. The van der Waals surface area contributed by atoms with E-state index >= 15 is 0 Å². The summed E-state index contributed by atoms with van der Waals surface area (Å²) in [6, 6.07) is 0. The normalized spacial score (nSPS) is 11.3. The SMILES string of the molecule is CCCC(Oc1c(Br)c(Br)c(Br)c(Br)c1Br)Oc1c(Br)c(Br)c(Br)c(Br)c1Br. The molecule has 0 radical (unpaired) electrons. The van der Waals surface area contributed by atoms with E-state index in [4.69, 9.17) is 9.47 Å². The van der Waals surface area contributed by atoms with Crippen molar-refractivity contribution in [2.24, 2.45) is 0 Å². The van der Waals surface area contributed by atoms with Crippen LogP contribution in [-0.2, 0) is 0 Å². The molecule has 154 valence electrons. The van der Waals surface area contributed by atoms with E-state index in [2.05, 4.69) is 166 Å². The summed E-state index contributed by atoms with van der Waals surface area (Å²) in [6.07, 6.45) is 1.05. The van der Waals surface area contributed by atoms with Crippen molar-refractivity contribution in [2.45, 2.75) is 26.1 Å². The van der Waals surface area contributed by atoms with E-state index in [1.165, 1.54) is 0 Å². The Balaban J connectivity index is 2.48. The number of ether oxygens (including phenoxy) is 2. The van der Waals surface area contributed by atoms with Crippen LogP contribution in [0.15, 0.2) is 44.7 Å². The van der Waals surface area contributed by atoms with Crippen LogP contribution in [0, 0.1) is 0 Å². The molecule has 0 fully saturated rings. The van der Waals surface area contributed by atoms with Crippen molar-refractivity contribution in [2.75, 3.05) is 0 Å². The Morgan fingerprint density at radius 1 is 0.500 bits per heavy atom. The lowest BCUT2D eigenvalue weighted by Gasteiger charge is -2.25. The Bertz CT molecular complexity index is 786. The zero-order chi connectivity index (χ0) is 21.3. The molecular weight excluding hydrogens is 1020 g/mol. The van der Waals surface area contributed by atoms with E-state index in [1.807, 2.05) is 0 Å². The van der Waals surface area contributed by atoms with Crippen molar-refractivity contribution < 1.29 is 9.47 Å². The van der Waals surface area contributed by atoms with Crippen LogP contribution in [0.1, 0.15) is 19.8 Å². The molecule has 0 N–H and O–H groups in total. The van der Waals surface area contributed by atoms with Gasteiger partial charge in [-0.15, -0.1) is 0 Å². The third-order valence-corrected chi connectivity index (χ3v) is 15.4. The summed E-state index contributed by atoms with van der Waals surface area (Å²) in [5.74, 6) is 1.26. The van der Waals surface area contributed by atoms with E-state index in [1.54, 1.807) is 0 Å². The van der Waals surface area contributed by atoms with Crippen molar-refractivity contribution in [3.05, 3.63) is 44.7 Å². The quantitative estimate of drug-likeness (QED) is 0.163. The highest BCUT2D eigenvalue weighted by Gasteiger charge is 2.25. The largest absolute Gasteiger partial charge is 0.452 e. The molecule has 0 spiro atoms. The summed E-state index contributed by atoms with van der Waals surface area (Å²) in [7, 11) is 0. The molecule has 2 rings (SSSR count). The molecule has 0 aliphatic heterocycles. The lowest BCUT2D eigenvalue weighted by Crippen LogP contribution is -2.24. The predicted octanol–water partition coefficient (Wildman–Crippen LogP) is 11.9. The number of halogens is 10. The van der Waals surface area contributed by atoms with Crippen LogP contribution in [0.3, 0.4) is 0 Å². The minimum Gasteiger partial charge on any atom is -0.452 e. The standard InChI is InChI=1S/C16H8Br10O2/c1-2-3-4(27-15-11(23)7(19)5(17)8(20)12(15)24)28-16-13(25)9(21)6(18)10(22)14(16)26/h4H,2-3H2,1H3. The monoisotopic (exact) mass is 1020 g/mol. The van der Waals surface area contributed by atoms with Crippen LogP contribution in [0.25, 0.3) is 0 Å². The Morgan fingerprint density at radius 3 is 1.00 bits per heavy atom. The fourth-order valence-corrected chi connectivity index (χ4v) is 8.41. The molecule has 2 aromatic rings. The van der Waals surface area contributed by atoms with Gasteiger partial charge in [0.15, 0.2) is 11.5 Å². The summed E-state index contributed by atoms with van der Waals surface area (Å²) in [5.41, 5.74) is 0. The summed E-state index contributed by atoms with van der Waals surface area (Å²) >= 11 is 35.7. The van der Waals surface area contributed by atoms with Crippen LogP contribution >= 0.6 is 159 Å². The third kappa shape index (κ3) is 5.85. The number of hydrogen-bond acceptors (Lipinski definition) is 2. The average Bonchev–Trinajstić information content (AvgIpc) is 2.68. The minimum atomic E-state index is -0.523. The average molecular weight is 1030 g/mol. The van der Waals surface area contributed by atoms with Gasteiger partial charge in [-0.3, -0.25) is 0 Å². The molecule has 0 aliphatic carbocycles. The molecule has 0 saturated heterocycles. The molecule has 0 atom stereocenters. The molecule has 0 bridgehead atoms. The van der Waals surface area contributed by atoms with Gasteiger partial charge in [-0.1, -0.05) is 6.92 Å². The third-order valence-electron chi connectivity index (χ3n) is 3.36. The zero-order valence-electron chi connectivity index (χ0n) is 13.6. The molecule has 0 unspecified atom stereocenters. The Morgan fingerprint density at radius 2 is 0.750 bits per heavy atom. The number of rotatable bonds is 6. The van der Waals surface area contributed by atoms with E-state index in [9.17, 15) is 0 Å². The van der Waals surface area contributed by atoms with E-state index in [0.717, 1.165) is 51.1 Å². The Kier molecular flexibility index (Phi) is 11.4. The van der Waals surface area contributed by atoms with Crippen LogP contribution in [0.2, 0.25) is 0 Å². The van der Waals surface area contributed by atoms with Gasteiger partial charge in [0.05, 0.1) is 35.8 Å². The topological polar surface area (TPSA) is 18.5 Å². The van der Waals surface area contributed by atoms with Crippen LogP contribution < -0.4 is 9.47 Å². The summed E-state index contributed by atoms with van der Waals surface area (Å²) in [5, 5.41) is 0. The smallest absolute Gasteiger partial charge is 0.241 e. The number of benzene rings is 2. The first-order valence-electron chi connectivity index (χ1n) is 7.38. The molecular formula is C16H8Br10O2. The van der Waals surface area contributed by atoms with Gasteiger partial charge in [0.25, 0.3) is 0 Å². The Labute approximate surface area is 247 Å². The minimum absolute atomic E-state index is 0.523. The molecule has 12 heteroatoms. The van der Waals surface area contributed by atoms with E-state index in [-0.39, 0.29) is 0 Å². The number of hydrogen-bond donors (Lipinski definition) is 0. The highest BCUT2D eigenvalue weighted by Crippen LogP contribution is 2.51. The molecule has 28 heavy (non-hydrogen) atoms. The van der Waals surface area contributed by atoms with Gasteiger partial charge in [-0.25, -0.2) is 0 Å². The van der Waals surface area contributed by atoms with E-state index < -0.39 is 6.29 Å². The van der Waals surface area contributed by atoms with Gasteiger partial charge in [-0.2, -0.15) is 0 Å². The van der Waals surface area contributed by atoms with E-state index in [0.29, 0.717) is 17.9 Å². The molecule has 0 amide bonds. The highest BCUT2D eigenvalue weighted by molar-refractivity contribution is 9.16. The summed E-state index contributed by atoms with van der Waals surface area (Å²) < 4.78 is 20.7. The van der Waals surface area contributed by atoms with Crippen molar-refractivity contribution in [3.63, 3.8) is 0 Å². The van der Waals surface area contributed by atoms with Gasteiger partial charge in [0.1, 0.15) is 0 Å². The lowest BCUT2D eigenvalue weighted by molar-refractivity contribution is -0.00352. The predicted molar refractivity (Wildman–Crippen MR) is 150 cm³/mol. The second-order valence-electron chi connectivity index (χ2n) is 5.25.